The van der Waals surface area contributed by atoms with Crippen LogP contribution in [0.4, 0.5) is 0 Å². The Morgan fingerprint density at radius 2 is 2.29 bits per heavy atom. The van der Waals surface area contributed by atoms with Crippen LogP contribution in [0.25, 0.3) is 0 Å². The third-order valence-corrected chi connectivity index (χ3v) is 3.87. The zero-order valence-electron chi connectivity index (χ0n) is 9.13. The third kappa shape index (κ3) is 1.98. The van der Waals surface area contributed by atoms with Gasteiger partial charge in [0.05, 0.1) is 16.7 Å². The molecular weight excluding hydrogens is 192 g/mol. The summed E-state index contributed by atoms with van der Waals surface area (Å²) in [6.07, 6.45) is 2.53. The van der Waals surface area contributed by atoms with Crippen LogP contribution in [0.15, 0.2) is 5.38 Å². The second kappa shape index (κ2) is 3.63. The molecule has 0 unspecified atom stereocenters. The highest BCUT2D eigenvalue weighted by Crippen LogP contribution is 2.30. The van der Waals surface area contributed by atoms with E-state index in [4.69, 9.17) is 4.98 Å². The second-order valence-corrected chi connectivity index (χ2v) is 5.83. The van der Waals surface area contributed by atoms with Crippen molar-refractivity contribution in [3.05, 3.63) is 16.1 Å². The fraction of sp³-hybridized carbons (Fsp3) is 0.727. The lowest BCUT2D eigenvalue weighted by Gasteiger charge is -2.14. The zero-order valence-corrected chi connectivity index (χ0v) is 9.95. The van der Waals surface area contributed by atoms with E-state index in [-0.39, 0.29) is 5.41 Å². The normalized spacial score (nSPS) is 22.9. The van der Waals surface area contributed by atoms with Crippen LogP contribution in [0.2, 0.25) is 0 Å². The summed E-state index contributed by atoms with van der Waals surface area (Å²) in [5.41, 5.74) is 1.44. The molecule has 2 nitrogen and oxygen atoms in total. The first kappa shape index (κ1) is 10.1. The van der Waals surface area contributed by atoms with Gasteiger partial charge < -0.3 is 5.32 Å². The minimum absolute atomic E-state index is 0.196. The van der Waals surface area contributed by atoms with Crippen molar-refractivity contribution in [1.29, 1.82) is 0 Å². The van der Waals surface area contributed by atoms with E-state index in [1.807, 2.05) is 0 Å². The number of hydrogen-bond donors (Lipinski definition) is 1. The summed E-state index contributed by atoms with van der Waals surface area (Å²) in [7, 11) is 0. The largest absolute Gasteiger partial charge is 0.309 e. The minimum Gasteiger partial charge on any atom is -0.309 e. The Hall–Kier alpha value is -0.410. The predicted molar refractivity (Wildman–Crippen MR) is 60.8 cm³/mol. The lowest BCUT2D eigenvalue weighted by Crippen LogP contribution is -2.15. The molecule has 1 aliphatic rings. The second-order valence-electron chi connectivity index (χ2n) is 4.98. The molecule has 0 aromatic carbocycles. The van der Waals surface area contributed by atoms with Gasteiger partial charge in [0.25, 0.3) is 0 Å². The average molecular weight is 210 g/mol. The molecule has 0 bridgehead atoms. The number of nitrogens with zero attached hydrogens (tertiary/aromatic N) is 1. The summed E-state index contributed by atoms with van der Waals surface area (Å²) >= 11 is 1.79. The van der Waals surface area contributed by atoms with Gasteiger partial charge in [0, 0.05) is 10.8 Å². The van der Waals surface area contributed by atoms with Gasteiger partial charge >= 0.3 is 0 Å². The number of nitrogens with one attached hydrogen (secondary N) is 1. The molecule has 0 aliphatic carbocycles. The SMILES string of the molecule is CC(C)(C)c1nc([C@@H]2CCCN2)cs1. The molecular formula is C11H18N2S. The lowest BCUT2D eigenvalue weighted by atomic mass is 9.98. The number of thiazole rings is 1. The Morgan fingerprint density at radius 1 is 1.50 bits per heavy atom. The van der Waals surface area contributed by atoms with Crippen molar-refractivity contribution in [1.82, 2.24) is 10.3 Å². The van der Waals surface area contributed by atoms with E-state index >= 15 is 0 Å². The molecule has 0 radical (unpaired) electrons. The Morgan fingerprint density at radius 3 is 2.79 bits per heavy atom. The highest BCUT2D eigenvalue weighted by Gasteiger charge is 2.22. The van der Waals surface area contributed by atoms with Crippen molar-refractivity contribution in [2.75, 3.05) is 6.54 Å². The van der Waals surface area contributed by atoms with E-state index in [0.29, 0.717) is 6.04 Å². The van der Waals surface area contributed by atoms with Crippen LogP contribution in [-0.4, -0.2) is 11.5 Å². The monoisotopic (exact) mass is 210 g/mol. The first-order chi connectivity index (χ1) is 6.57. The summed E-state index contributed by atoms with van der Waals surface area (Å²) in [5, 5.41) is 6.94. The maximum absolute atomic E-state index is 4.72. The van der Waals surface area contributed by atoms with Crippen molar-refractivity contribution < 1.29 is 0 Å². The van der Waals surface area contributed by atoms with Crippen molar-refractivity contribution >= 4 is 11.3 Å². The van der Waals surface area contributed by atoms with Crippen molar-refractivity contribution in [2.24, 2.45) is 0 Å². The fourth-order valence-electron chi connectivity index (χ4n) is 1.73. The highest BCUT2D eigenvalue weighted by molar-refractivity contribution is 7.09. The van der Waals surface area contributed by atoms with E-state index in [1.165, 1.54) is 23.5 Å². The molecule has 1 aromatic heterocycles. The van der Waals surface area contributed by atoms with Gasteiger partial charge in [-0.2, -0.15) is 0 Å². The zero-order chi connectivity index (χ0) is 10.2. The van der Waals surface area contributed by atoms with Gasteiger partial charge in [0.15, 0.2) is 0 Å². The third-order valence-electron chi connectivity index (χ3n) is 2.58. The quantitative estimate of drug-likeness (QED) is 0.771. The van der Waals surface area contributed by atoms with Crippen LogP contribution >= 0.6 is 11.3 Å². The van der Waals surface area contributed by atoms with E-state index < -0.39 is 0 Å². The van der Waals surface area contributed by atoms with Gasteiger partial charge in [-0.25, -0.2) is 4.98 Å². The Labute approximate surface area is 89.8 Å². The molecule has 1 fully saturated rings. The maximum atomic E-state index is 4.72. The van der Waals surface area contributed by atoms with Crippen LogP contribution in [0.5, 0.6) is 0 Å². The molecule has 1 saturated heterocycles. The number of rotatable bonds is 1. The van der Waals surface area contributed by atoms with E-state index in [9.17, 15) is 0 Å². The molecule has 1 N–H and O–H groups in total. The van der Waals surface area contributed by atoms with Crippen LogP contribution in [0.3, 0.4) is 0 Å². The average Bonchev–Trinajstić information content (AvgIpc) is 2.73. The highest BCUT2D eigenvalue weighted by atomic mass is 32.1. The van der Waals surface area contributed by atoms with Crippen molar-refractivity contribution in [3.63, 3.8) is 0 Å². The Balaban J connectivity index is 2.17. The van der Waals surface area contributed by atoms with Crippen LogP contribution < -0.4 is 5.32 Å². The van der Waals surface area contributed by atoms with Gasteiger partial charge in [-0.3, -0.25) is 0 Å². The van der Waals surface area contributed by atoms with Crippen LogP contribution in [0.1, 0.15) is 50.4 Å². The number of hydrogen-bond acceptors (Lipinski definition) is 3. The summed E-state index contributed by atoms with van der Waals surface area (Å²) in [4.78, 5) is 4.72. The molecule has 2 rings (SSSR count). The van der Waals surface area contributed by atoms with Gasteiger partial charge in [0.2, 0.25) is 0 Å². The van der Waals surface area contributed by atoms with Gasteiger partial charge in [-0.15, -0.1) is 11.3 Å². The molecule has 3 heteroatoms. The molecule has 2 heterocycles. The Bertz CT molecular complexity index is 305. The number of aromatic nitrogens is 1. The lowest BCUT2D eigenvalue weighted by molar-refractivity contribution is 0.570. The van der Waals surface area contributed by atoms with Crippen molar-refractivity contribution in [2.45, 2.75) is 45.1 Å². The molecule has 1 aliphatic heterocycles. The Kier molecular flexibility index (Phi) is 2.62. The van der Waals surface area contributed by atoms with Crippen LogP contribution in [0, 0.1) is 0 Å². The molecule has 0 amide bonds. The van der Waals surface area contributed by atoms with Gasteiger partial charge in [-0.1, -0.05) is 20.8 Å². The van der Waals surface area contributed by atoms with Gasteiger partial charge in [0.1, 0.15) is 0 Å². The summed E-state index contributed by atoms with van der Waals surface area (Å²) in [5.74, 6) is 0. The van der Waals surface area contributed by atoms with Gasteiger partial charge in [-0.05, 0) is 19.4 Å². The molecule has 78 valence electrons. The predicted octanol–water partition coefficient (Wildman–Crippen LogP) is 2.87. The smallest absolute Gasteiger partial charge is 0.0982 e. The summed E-state index contributed by atoms with van der Waals surface area (Å²) in [6.45, 7) is 7.81. The standard InChI is InChI=1S/C11H18N2S/c1-11(2,3)10-13-9(7-14-10)8-5-4-6-12-8/h7-8,12H,4-6H2,1-3H3/t8-/m0/s1. The minimum atomic E-state index is 0.196. The molecule has 1 atom stereocenters. The van der Waals surface area contributed by atoms with E-state index in [2.05, 4.69) is 31.5 Å². The van der Waals surface area contributed by atoms with Crippen molar-refractivity contribution in [3.8, 4) is 0 Å². The molecule has 1 aromatic rings. The topological polar surface area (TPSA) is 24.9 Å². The summed E-state index contributed by atoms with van der Waals surface area (Å²) in [6, 6.07) is 0.516. The van der Waals surface area contributed by atoms with E-state index in [1.54, 1.807) is 11.3 Å². The molecule has 14 heavy (non-hydrogen) atoms. The molecule has 0 spiro atoms. The maximum Gasteiger partial charge on any atom is 0.0982 e. The fourth-order valence-corrected chi connectivity index (χ4v) is 2.69. The van der Waals surface area contributed by atoms with E-state index in [0.717, 1.165) is 6.54 Å². The molecule has 0 saturated carbocycles. The van der Waals surface area contributed by atoms with Crippen LogP contribution in [-0.2, 0) is 5.41 Å². The first-order valence-corrected chi connectivity index (χ1v) is 6.14. The summed E-state index contributed by atoms with van der Waals surface area (Å²) < 4.78 is 0. The first-order valence-electron chi connectivity index (χ1n) is 5.26.